The van der Waals surface area contributed by atoms with Gasteiger partial charge in [0.05, 0.1) is 43.0 Å². The van der Waals surface area contributed by atoms with Crippen molar-refractivity contribution in [3.63, 3.8) is 0 Å². The fourth-order valence-electron chi connectivity index (χ4n) is 3.07. The average Bonchev–Trinajstić information content (AvgIpc) is 2.84. The van der Waals surface area contributed by atoms with E-state index in [0.717, 1.165) is 34.2 Å². The smallest absolute Gasteiger partial charge is 0.232 e. The maximum atomic E-state index is 9.01. The van der Waals surface area contributed by atoms with Crippen molar-refractivity contribution in [3.05, 3.63) is 65.9 Å². The number of hydrogen-bond donors (Lipinski definition) is 0. The highest BCUT2D eigenvalue weighted by Gasteiger charge is 2.17. The molecule has 0 unspecified atom stereocenters. The third-order valence-electron chi connectivity index (χ3n) is 4.72. The lowest BCUT2D eigenvalue weighted by molar-refractivity contribution is 0.122. The zero-order valence-electron chi connectivity index (χ0n) is 17.2. The number of methoxy groups -OCH3 is 1. The summed E-state index contributed by atoms with van der Waals surface area (Å²) < 4.78 is 16.9. The molecule has 3 aromatic rings. The fourth-order valence-corrected chi connectivity index (χ4v) is 3.90. The predicted molar refractivity (Wildman–Crippen MR) is 118 cm³/mol. The summed E-state index contributed by atoms with van der Waals surface area (Å²) in [5.74, 6) is 1.94. The van der Waals surface area contributed by atoms with E-state index in [1.54, 1.807) is 25.4 Å². The molecule has 158 valence electrons. The lowest BCUT2D eigenvalue weighted by atomic mass is 10.2. The molecule has 0 atom stereocenters. The number of nitrogens with zero attached hydrogens (tertiary/aromatic N) is 4. The van der Waals surface area contributed by atoms with Crippen LogP contribution in [0.5, 0.6) is 11.6 Å². The van der Waals surface area contributed by atoms with Crippen LogP contribution in [0.3, 0.4) is 0 Å². The first kappa shape index (κ1) is 21.0. The van der Waals surface area contributed by atoms with Crippen LogP contribution in [0.4, 0.5) is 5.95 Å². The van der Waals surface area contributed by atoms with Gasteiger partial charge in [0.25, 0.3) is 0 Å². The minimum absolute atomic E-state index is 0.359. The number of benzene rings is 2. The van der Waals surface area contributed by atoms with E-state index in [-0.39, 0.29) is 0 Å². The van der Waals surface area contributed by atoms with E-state index < -0.39 is 0 Å². The molecule has 0 bridgehead atoms. The number of morpholine rings is 1. The molecule has 2 aromatic carbocycles. The lowest BCUT2D eigenvalue weighted by Crippen LogP contribution is -2.37. The Bertz CT molecular complexity index is 1060. The predicted octanol–water partition coefficient (Wildman–Crippen LogP) is 3.92. The quantitative estimate of drug-likeness (QED) is 0.553. The molecule has 0 saturated carbocycles. The van der Waals surface area contributed by atoms with E-state index in [9.17, 15) is 0 Å². The number of hydrogen-bond acceptors (Lipinski definition) is 8. The van der Waals surface area contributed by atoms with Crippen molar-refractivity contribution in [2.24, 2.45) is 0 Å². The van der Waals surface area contributed by atoms with Gasteiger partial charge in [-0.3, -0.25) is 0 Å². The van der Waals surface area contributed by atoms with Crippen molar-refractivity contribution in [1.29, 1.82) is 5.26 Å². The summed E-state index contributed by atoms with van der Waals surface area (Å²) in [4.78, 5) is 13.2. The Hall–Kier alpha value is -3.28. The van der Waals surface area contributed by atoms with Gasteiger partial charge in [0.2, 0.25) is 11.8 Å². The Kier molecular flexibility index (Phi) is 6.87. The molecule has 1 aliphatic rings. The van der Waals surface area contributed by atoms with Gasteiger partial charge in [-0.2, -0.15) is 10.2 Å². The zero-order valence-corrected chi connectivity index (χ0v) is 18.0. The Balaban J connectivity index is 1.58. The lowest BCUT2D eigenvalue weighted by Gasteiger charge is -2.27. The molecule has 31 heavy (non-hydrogen) atoms. The van der Waals surface area contributed by atoms with Crippen LogP contribution in [0.25, 0.3) is 0 Å². The number of rotatable bonds is 7. The minimum Gasteiger partial charge on any atom is -0.497 e. The molecule has 0 spiro atoms. The summed E-state index contributed by atoms with van der Waals surface area (Å²) in [7, 11) is 1.64. The minimum atomic E-state index is 0.359. The van der Waals surface area contributed by atoms with E-state index in [4.69, 9.17) is 24.5 Å². The summed E-state index contributed by atoms with van der Waals surface area (Å²) in [6, 6.07) is 17.3. The van der Waals surface area contributed by atoms with Crippen LogP contribution in [0.15, 0.2) is 64.5 Å². The first-order valence-corrected chi connectivity index (χ1v) is 10.7. The third kappa shape index (κ3) is 5.45. The van der Waals surface area contributed by atoms with Gasteiger partial charge in [0, 0.05) is 18.0 Å². The van der Waals surface area contributed by atoms with E-state index in [1.165, 1.54) is 11.8 Å². The van der Waals surface area contributed by atoms with E-state index in [0.29, 0.717) is 37.2 Å². The zero-order chi connectivity index (χ0) is 21.5. The van der Waals surface area contributed by atoms with Crippen LogP contribution < -0.4 is 14.4 Å². The number of ether oxygens (including phenoxy) is 3. The van der Waals surface area contributed by atoms with Crippen LogP contribution in [-0.4, -0.2) is 43.4 Å². The van der Waals surface area contributed by atoms with Crippen molar-refractivity contribution >= 4 is 17.7 Å². The van der Waals surface area contributed by atoms with Crippen LogP contribution >= 0.6 is 11.8 Å². The van der Waals surface area contributed by atoms with E-state index in [1.807, 2.05) is 36.4 Å². The monoisotopic (exact) mass is 434 g/mol. The van der Waals surface area contributed by atoms with Crippen molar-refractivity contribution in [2.45, 2.75) is 16.4 Å². The van der Waals surface area contributed by atoms with Crippen molar-refractivity contribution in [1.82, 2.24) is 9.97 Å². The molecule has 0 radical (unpaired) electrons. The Morgan fingerprint density at radius 2 is 1.97 bits per heavy atom. The molecule has 1 fully saturated rings. The van der Waals surface area contributed by atoms with Gasteiger partial charge in [0.1, 0.15) is 12.4 Å². The van der Waals surface area contributed by atoms with Gasteiger partial charge in [-0.15, -0.1) is 0 Å². The third-order valence-corrected chi connectivity index (χ3v) is 5.73. The highest BCUT2D eigenvalue weighted by Crippen LogP contribution is 2.35. The highest BCUT2D eigenvalue weighted by molar-refractivity contribution is 7.99. The number of nitriles is 1. The van der Waals surface area contributed by atoms with Gasteiger partial charge in [0.15, 0.2) is 0 Å². The van der Waals surface area contributed by atoms with Crippen molar-refractivity contribution in [3.8, 4) is 17.7 Å². The van der Waals surface area contributed by atoms with E-state index in [2.05, 4.69) is 16.0 Å². The molecule has 0 amide bonds. The molecule has 0 N–H and O–H groups in total. The second-order valence-electron chi connectivity index (χ2n) is 6.82. The fraction of sp³-hybridized carbons (Fsp3) is 0.261. The molecule has 8 heteroatoms. The van der Waals surface area contributed by atoms with Gasteiger partial charge in [-0.25, -0.2) is 4.98 Å². The van der Waals surface area contributed by atoms with Gasteiger partial charge in [-0.05, 0) is 42.0 Å². The van der Waals surface area contributed by atoms with Gasteiger partial charge < -0.3 is 19.1 Å². The normalized spacial score (nSPS) is 13.5. The van der Waals surface area contributed by atoms with E-state index >= 15 is 0 Å². The topological polar surface area (TPSA) is 80.5 Å². The average molecular weight is 435 g/mol. The molecule has 1 aromatic heterocycles. The molecule has 4 rings (SSSR count). The Morgan fingerprint density at radius 3 is 2.71 bits per heavy atom. The molecule has 1 aliphatic heterocycles. The van der Waals surface area contributed by atoms with Gasteiger partial charge >= 0.3 is 0 Å². The van der Waals surface area contributed by atoms with Crippen LogP contribution in [-0.2, 0) is 11.3 Å². The van der Waals surface area contributed by atoms with Crippen molar-refractivity contribution in [2.75, 3.05) is 38.3 Å². The van der Waals surface area contributed by atoms with Crippen LogP contribution in [0, 0.1) is 11.3 Å². The first-order chi connectivity index (χ1) is 15.2. The van der Waals surface area contributed by atoms with Crippen LogP contribution in [0.2, 0.25) is 0 Å². The number of aromatic nitrogens is 2. The summed E-state index contributed by atoms with van der Waals surface area (Å²) in [5.41, 5.74) is 1.61. The summed E-state index contributed by atoms with van der Waals surface area (Å²) >= 11 is 1.50. The highest BCUT2D eigenvalue weighted by atomic mass is 32.2. The molecule has 7 nitrogen and oxygen atoms in total. The summed E-state index contributed by atoms with van der Waals surface area (Å²) in [6.45, 7) is 3.17. The maximum absolute atomic E-state index is 9.01. The second kappa shape index (κ2) is 10.2. The maximum Gasteiger partial charge on any atom is 0.232 e. The SMILES string of the molecule is COc1cccc(COc2nc(N3CCOCC3)ncc2Sc2ccc(C#N)cc2)c1. The number of anilines is 1. The molecular weight excluding hydrogens is 412 g/mol. The Labute approximate surface area is 185 Å². The molecule has 0 aliphatic carbocycles. The summed E-state index contributed by atoms with van der Waals surface area (Å²) in [6.07, 6.45) is 1.79. The summed E-state index contributed by atoms with van der Waals surface area (Å²) in [5, 5.41) is 9.01. The Morgan fingerprint density at radius 1 is 1.16 bits per heavy atom. The molecular formula is C23H22N4O3S. The van der Waals surface area contributed by atoms with Gasteiger partial charge in [-0.1, -0.05) is 23.9 Å². The van der Waals surface area contributed by atoms with Crippen molar-refractivity contribution < 1.29 is 14.2 Å². The second-order valence-corrected chi connectivity index (χ2v) is 7.93. The van der Waals surface area contributed by atoms with Crippen LogP contribution in [0.1, 0.15) is 11.1 Å². The molecule has 1 saturated heterocycles. The molecule has 2 heterocycles. The standard InChI is InChI=1S/C23H22N4O3S/c1-28-19-4-2-3-18(13-19)16-30-22-21(31-20-7-5-17(14-24)6-8-20)15-25-23(26-22)27-9-11-29-12-10-27/h2-8,13,15H,9-12,16H2,1H3. The first-order valence-electron chi connectivity index (χ1n) is 9.88. The largest absolute Gasteiger partial charge is 0.497 e.